The second-order valence-electron chi connectivity index (χ2n) is 6.02. The Morgan fingerprint density at radius 1 is 1.13 bits per heavy atom. The Morgan fingerprint density at radius 2 is 1.67 bits per heavy atom. The Kier molecular flexibility index (Phi) is 5.02. The fourth-order valence-electron chi connectivity index (χ4n) is 3.88. The highest BCUT2D eigenvalue weighted by atomic mass is 32.2. The van der Waals surface area contributed by atoms with Crippen LogP contribution in [0.4, 0.5) is 0 Å². The van der Waals surface area contributed by atoms with Crippen molar-refractivity contribution in [2.45, 2.75) is 41.0 Å². The van der Waals surface area contributed by atoms with Crippen LogP contribution in [0.25, 0.3) is 0 Å². The van der Waals surface area contributed by atoms with Crippen molar-refractivity contribution in [1.82, 2.24) is 0 Å². The normalized spacial score (nSPS) is 35.0. The molecule has 1 fully saturated rings. The van der Waals surface area contributed by atoms with Crippen LogP contribution in [0.15, 0.2) is 0 Å². The first-order valence-corrected chi connectivity index (χ1v) is 7.87. The Bertz CT molecular complexity index is 180. The highest BCUT2D eigenvalue weighted by Gasteiger charge is 2.42. The molecule has 0 bridgehead atoms. The lowest BCUT2D eigenvalue weighted by atomic mass is 9.56. The van der Waals surface area contributed by atoms with Gasteiger partial charge < -0.3 is 0 Å². The SMILES string of the molecule is CSCC(C)C(C(C)C)C1C(C)CC1C. The van der Waals surface area contributed by atoms with E-state index < -0.39 is 0 Å². The smallest absolute Gasteiger partial charge is 0.00417 e. The van der Waals surface area contributed by atoms with Crippen molar-refractivity contribution < 1.29 is 0 Å². The zero-order chi connectivity index (χ0) is 11.6. The standard InChI is InChI=1S/C14H28S/c1-9(2)13(12(5)8-15-6)14-10(3)7-11(14)4/h9-14H,7-8H2,1-6H3. The van der Waals surface area contributed by atoms with Gasteiger partial charge in [-0.25, -0.2) is 0 Å². The molecule has 0 aliphatic heterocycles. The van der Waals surface area contributed by atoms with Gasteiger partial charge in [0, 0.05) is 0 Å². The van der Waals surface area contributed by atoms with Crippen LogP contribution in [0.2, 0.25) is 0 Å². The molecule has 0 aromatic carbocycles. The van der Waals surface area contributed by atoms with Gasteiger partial charge in [0.05, 0.1) is 0 Å². The second kappa shape index (κ2) is 5.61. The maximum Gasteiger partial charge on any atom is -0.00417 e. The number of hydrogen-bond donors (Lipinski definition) is 0. The number of thioether (sulfide) groups is 1. The minimum atomic E-state index is 0.849. The maximum atomic E-state index is 2.46. The van der Waals surface area contributed by atoms with Gasteiger partial charge in [0.2, 0.25) is 0 Å². The van der Waals surface area contributed by atoms with Crippen molar-refractivity contribution in [3.05, 3.63) is 0 Å². The first-order valence-electron chi connectivity index (χ1n) is 6.48. The van der Waals surface area contributed by atoms with E-state index >= 15 is 0 Å². The van der Waals surface area contributed by atoms with E-state index in [1.165, 1.54) is 12.2 Å². The van der Waals surface area contributed by atoms with Crippen LogP contribution in [0.3, 0.4) is 0 Å². The molecule has 1 aliphatic rings. The molecule has 1 saturated carbocycles. The number of rotatable bonds is 5. The second-order valence-corrected chi connectivity index (χ2v) is 6.93. The molecule has 0 N–H and O–H groups in total. The first-order chi connectivity index (χ1) is 6.99. The lowest BCUT2D eigenvalue weighted by Gasteiger charge is -2.49. The summed E-state index contributed by atoms with van der Waals surface area (Å²) in [6.45, 7) is 12.2. The average molecular weight is 228 g/mol. The van der Waals surface area contributed by atoms with Gasteiger partial charge in [0.25, 0.3) is 0 Å². The van der Waals surface area contributed by atoms with E-state index in [2.05, 4.69) is 40.9 Å². The third kappa shape index (κ3) is 2.93. The zero-order valence-corrected chi connectivity index (χ0v) is 12.1. The molecular formula is C14H28S. The molecule has 0 nitrogen and oxygen atoms in total. The molecule has 0 amide bonds. The van der Waals surface area contributed by atoms with E-state index in [0.717, 1.165) is 35.5 Å². The monoisotopic (exact) mass is 228 g/mol. The summed E-state index contributed by atoms with van der Waals surface area (Å²) in [7, 11) is 0. The summed E-state index contributed by atoms with van der Waals surface area (Å²) in [5, 5.41) is 0. The van der Waals surface area contributed by atoms with Crippen molar-refractivity contribution in [3.63, 3.8) is 0 Å². The minimum Gasteiger partial charge on any atom is -0.165 e. The lowest BCUT2D eigenvalue weighted by Crippen LogP contribution is -2.43. The predicted octanol–water partition coefficient (Wildman–Crippen LogP) is 4.55. The van der Waals surface area contributed by atoms with Crippen LogP contribution < -0.4 is 0 Å². The van der Waals surface area contributed by atoms with Gasteiger partial charge in [-0.05, 0) is 53.9 Å². The number of hydrogen-bond acceptors (Lipinski definition) is 1. The molecule has 4 unspecified atom stereocenters. The molecule has 1 aliphatic carbocycles. The zero-order valence-electron chi connectivity index (χ0n) is 11.3. The molecule has 15 heavy (non-hydrogen) atoms. The highest BCUT2D eigenvalue weighted by molar-refractivity contribution is 7.98. The largest absolute Gasteiger partial charge is 0.165 e. The van der Waals surface area contributed by atoms with Crippen LogP contribution in [-0.4, -0.2) is 12.0 Å². The van der Waals surface area contributed by atoms with Gasteiger partial charge in [0.1, 0.15) is 0 Å². The summed E-state index contributed by atoms with van der Waals surface area (Å²) in [6.07, 6.45) is 3.70. The van der Waals surface area contributed by atoms with Crippen molar-refractivity contribution >= 4 is 11.8 Å². The molecule has 90 valence electrons. The van der Waals surface area contributed by atoms with Crippen LogP contribution in [-0.2, 0) is 0 Å². The maximum absolute atomic E-state index is 2.46. The van der Waals surface area contributed by atoms with Crippen LogP contribution in [0.5, 0.6) is 0 Å². The highest BCUT2D eigenvalue weighted by Crippen LogP contribution is 2.49. The fraction of sp³-hybridized carbons (Fsp3) is 1.00. The molecule has 1 heteroatoms. The molecule has 0 heterocycles. The fourth-order valence-corrected chi connectivity index (χ4v) is 4.63. The topological polar surface area (TPSA) is 0 Å². The van der Waals surface area contributed by atoms with Crippen LogP contribution in [0.1, 0.15) is 41.0 Å². The third-order valence-electron chi connectivity index (χ3n) is 4.36. The summed E-state index contributed by atoms with van der Waals surface area (Å²) >= 11 is 2.01. The summed E-state index contributed by atoms with van der Waals surface area (Å²) < 4.78 is 0. The van der Waals surface area contributed by atoms with Crippen LogP contribution in [0, 0.1) is 35.5 Å². The van der Waals surface area contributed by atoms with E-state index in [0.29, 0.717) is 0 Å². The first kappa shape index (κ1) is 13.4. The Morgan fingerprint density at radius 3 is 2.00 bits per heavy atom. The molecule has 0 radical (unpaired) electrons. The molecule has 1 rings (SSSR count). The predicted molar refractivity (Wildman–Crippen MR) is 72.3 cm³/mol. The van der Waals surface area contributed by atoms with Crippen LogP contribution >= 0.6 is 11.8 Å². The van der Waals surface area contributed by atoms with Gasteiger partial charge in [-0.2, -0.15) is 11.8 Å². The van der Waals surface area contributed by atoms with Crippen molar-refractivity contribution in [3.8, 4) is 0 Å². The van der Waals surface area contributed by atoms with Crippen molar-refractivity contribution in [1.29, 1.82) is 0 Å². The van der Waals surface area contributed by atoms with E-state index in [1.807, 2.05) is 11.8 Å². The molecule has 0 aromatic heterocycles. The summed E-state index contributed by atoms with van der Waals surface area (Å²) in [4.78, 5) is 0. The van der Waals surface area contributed by atoms with Gasteiger partial charge in [-0.15, -0.1) is 0 Å². The third-order valence-corrected chi connectivity index (χ3v) is 5.22. The summed E-state index contributed by atoms with van der Waals surface area (Å²) in [5.41, 5.74) is 0. The molecular weight excluding hydrogens is 200 g/mol. The van der Waals surface area contributed by atoms with Gasteiger partial charge in [-0.1, -0.05) is 34.6 Å². The molecule has 0 aromatic rings. The summed E-state index contributed by atoms with van der Waals surface area (Å²) in [6, 6.07) is 0. The quantitative estimate of drug-likeness (QED) is 0.665. The van der Waals surface area contributed by atoms with Crippen molar-refractivity contribution in [2.24, 2.45) is 35.5 Å². The Hall–Kier alpha value is 0.350. The van der Waals surface area contributed by atoms with E-state index in [9.17, 15) is 0 Å². The Labute approximate surface area is 101 Å². The van der Waals surface area contributed by atoms with E-state index in [4.69, 9.17) is 0 Å². The minimum absolute atomic E-state index is 0.849. The van der Waals surface area contributed by atoms with Gasteiger partial charge in [-0.3, -0.25) is 0 Å². The lowest BCUT2D eigenvalue weighted by molar-refractivity contribution is -0.000894. The van der Waals surface area contributed by atoms with Gasteiger partial charge >= 0.3 is 0 Å². The average Bonchev–Trinajstić information content (AvgIpc) is 2.13. The molecule has 4 atom stereocenters. The Balaban J connectivity index is 2.64. The summed E-state index contributed by atoms with van der Waals surface area (Å²) in [5.74, 6) is 6.94. The van der Waals surface area contributed by atoms with E-state index in [-0.39, 0.29) is 0 Å². The molecule has 0 spiro atoms. The molecule has 0 saturated heterocycles. The van der Waals surface area contributed by atoms with E-state index in [1.54, 1.807) is 0 Å². The van der Waals surface area contributed by atoms with Gasteiger partial charge in [0.15, 0.2) is 0 Å². The van der Waals surface area contributed by atoms with Crippen molar-refractivity contribution in [2.75, 3.05) is 12.0 Å².